The molecule has 0 radical (unpaired) electrons. The topological polar surface area (TPSA) is 99.5 Å². The Kier molecular flexibility index (Phi) is 12.0. The fraction of sp³-hybridized carbons (Fsp3) is 0.538. The number of hydrogen-bond acceptors (Lipinski definition) is 8. The third-order valence-electron chi connectivity index (χ3n) is 5.88. The second-order valence-electron chi connectivity index (χ2n) is 8.35. The Bertz CT molecular complexity index is 885. The number of nitrogens with zero attached hydrogens (tertiary/aromatic N) is 2. The van der Waals surface area contributed by atoms with E-state index in [1.807, 2.05) is 27.7 Å². The number of sulfone groups is 1. The molecule has 0 aromatic heterocycles. The average Bonchev–Trinajstić information content (AvgIpc) is 2.88. The van der Waals surface area contributed by atoms with Crippen molar-refractivity contribution in [1.82, 2.24) is 9.80 Å². The zero-order chi connectivity index (χ0) is 25.8. The Labute approximate surface area is 210 Å². The molecule has 0 saturated heterocycles. The van der Waals surface area contributed by atoms with Gasteiger partial charge in [-0.3, -0.25) is 0 Å². The summed E-state index contributed by atoms with van der Waals surface area (Å²) in [4.78, 5) is 4.51. The first-order chi connectivity index (χ1) is 16.7. The van der Waals surface area contributed by atoms with Crippen LogP contribution in [0, 0.1) is 0 Å². The van der Waals surface area contributed by atoms with Crippen LogP contribution in [0.2, 0.25) is 0 Å². The van der Waals surface area contributed by atoms with Crippen LogP contribution in [0.15, 0.2) is 58.3 Å². The highest BCUT2D eigenvalue weighted by atomic mass is 32.2. The fourth-order valence-electron chi connectivity index (χ4n) is 3.62. The van der Waals surface area contributed by atoms with E-state index in [2.05, 4.69) is 9.80 Å². The highest BCUT2D eigenvalue weighted by Crippen LogP contribution is 2.25. The van der Waals surface area contributed by atoms with Crippen molar-refractivity contribution in [3.8, 4) is 11.5 Å². The van der Waals surface area contributed by atoms with Crippen LogP contribution < -0.4 is 9.47 Å². The number of aliphatic hydroxyl groups excluding tert-OH is 2. The standard InChI is InChI=1S/C26H40N2O6S/c1-5-27(6-2)17-21(29)19-33-23-9-13-25(14-10-23)35(31,32)26-15-11-24(12-16-26)34-20-22(30)18-28(7-3)8-4/h9-16,21-22,29-30H,5-8,17-20H2,1-4H3/t21-,22-/m0/s1. The van der Waals surface area contributed by atoms with Crippen LogP contribution in [0.3, 0.4) is 0 Å². The molecule has 0 aliphatic carbocycles. The molecule has 0 unspecified atom stereocenters. The number of likely N-dealkylation sites (N-methyl/N-ethyl adjacent to an activating group) is 2. The second-order valence-corrected chi connectivity index (χ2v) is 10.3. The fourth-order valence-corrected chi connectivity index (χ4v) is 4.88. The smallest absolute Gasteiger partial charge is 0.206 e. The molecule has 0 aliphatic rings. The van der Waals surface area contributed by atoms with Crippen molar-refractivity contribution in [3.05, 3.63) is 48.5 Å². The highest BCUT2D eigenvalue weighted by molar-refractivity contribution is 7.91. The van der Waals surface area contributed by atoms with E-state index in [4.69, 9.17) is 9.47 Å². The summed E-state index contributed by atoms with van der Waals surface area (Å²) in [6.45, 7) is 12.9. The van der Waals surface area contributed by atoms with E-state index >= 15 is 0 Å². The van der Waals surface area contributed by atoms with Gasteiger partial charge in [0.05, 0.1) is 9.79 Å². The Morgan fingerprint density at radius 3 is 1.26 bits per heavy atom. The molecular formula is C26H40N2O6S. The predicted molar refractivity (Wildman–Crippen MR) is 137 cm³/mol. The minimum absolute atomic E-state index is 0.133. The van der Waals surface area contributed by atoms with Gasteiger partial charge in [0, 0.05) is 13.1 Å². The van der Waals surface area contributed by atoms with Crippen LogP contribution in [0.25, 0.3) is 0 Å². The van der Waals surface area contributed by atoms with Gasteiger partial charge in [-0.25, -0.2) is 8.42 Å². The lowest BCUT2D eigenvalue weighted by Gasteiger charge is -2.22. The SMILES string of the molecule is CCN(CC)C[C@H](O)COc1ccc(S(=O)(=O)c2ccc(OC[C@@H](O)CN(CC)CC)cc2)cc1. The molecule has 0 fully saturated rings. The van der Waals surface area contributed by atoms with Crippen molar-refractivity contribution in [2.45, 2.75) is 49.7 Å². The summed E-state index contributed by atoms with van der Waals surface area (Å²) in [5, 5.41) is 20.3. The number of hydrogen-bond donors (Lipinski definition) is 2. The molecule has 2 rings (SSSR count). The molecule has 196 valence electrons. The molecule has 0 heterocycles. The van der Waals surface area contributed by atoms with Gasteiger partial charge in [-0.05, 0) is 74.7 Å². The zero-order valence-corrected chi connectivity index (χ0v) is 22.1. The van der Waals surface area contributed by atoms with Crippen LogP contribution >= 0.6 is 0 Å². The monoisotopic (exact) mass is 508 g/mol. The third-order valence-corrected chi connectivity index (χ3v) is 7.67. The number of benzene rings is 2. The second kappa shape index (κ2) is 14.4. The molecule has 0 aliphatic heterocycles. The van der Waals surface area contributed by atoms with Crippen LogP contribution in [0.1, 0.15) is 27.7 Å². The van der Waals surface area contributed by atoms with Gasteiger partial charge in [-0.1, -0.05) is 27.7 Å². The van der Waals surface area contributed by atoms with Gasteiger partial charge in [0.2, 0.25) is 9.84 Å². The number of aliphatic hydroxyl groups is 2. The van der Waals surface area contributed by atoms with Gasteiger partial charge >= 0.3 is 0 Å². The normalized spacial score (nSPS) is 13.7. The highest BCUT2D eigenvalue weighted by Gasteiger charge is 2.18. The van der Waals surface area contributed by atoms with E-state index < -0.39 is 22.0 Å². The van der Waals surface area contributed by atoms with Gasteiger partial charge in [-0.15, -0.1) is 0 Å². The lowest BCUT2D eigenvalue weighted by molar-refractivity contribution is 0.0715. The van der Waals surface area contributed by atoms with E-state index in [0.717, 1.165) is 26.2 Å². The van der Waals surface area contributed by atoms with E-state index in [1.54, 1.807) is 24.3 Å². The summed E-state index contributed by atoms with van der Waals surface area (Å²) in [5.41, 5.74) is 0. The molecule has 2 aromatic carbocycles. The molecule has 2 aromatic rings. The Morgan fingerprint density at radius 2 is 0.971 bits per heavy atom. The van der Waals surface area contributed by atoms with Crippen molar-refractivity contribution in [2.75, 3.05) is 52.5 Å². The molecule has 8 nitrogen and oxygen atoms in total. The van der Waals surface area contributed by atoms with E-state index in [0.29, 0.717) is 24.6 Å². The van der Waals surface area contributed by atoms with Crippen LogP contribution in [-0.4, -0.2) is 93.1 Å². The molecular weight excluding hydrogens is 468 g/mol. The van der Waals surface area contributed by atoms with Gasteiger partial charge in [-0.2, -0.15) is 0 Å². The summed E-state index contributed by atoms with van der Waals surface area (Å²) in [6.07, 6.45) is -1.25. The third kappa shape index (κ3) is 9.09. The predicted octanol–water partition coefficient (Wildman–Crippen LogP) is 2.68. The maximum atomic E-state index is 13.0. The maximum Gasteiger partial charge on any atom is 0.206 e. The van der Waals surface area contributed by atoms with Gasteiger partial charge < -0.3 is 29.5 Å². The van der Waals surface area contributed by atoms with Crippen LogP contribution in [-0.2, 0) is 9.84 Å². The van der Waals surface area contributed by atoms with Gasteiger partial charge in [0.1, 0.15) is 36.9 Å². The van der Waals surface area contributed by atoms with Crippen molar-refractivity contribution < 1.29 is 28.1 Å². The minimum atomic E-state index is -3.70. The minimum Gasteiger partial charge on any atom is -0.491 e. The lowest BCUT2D eigenvalue weighted by atomic mass is 10.3. The van der Waals surface area contributed by atoms with E-state index in [1.165, 1.54) is 24.3 Å². The quantitative estimate of drug-likeness (QED) is 0.357. The first kappa shape index (κ1) is 29.1. The summed E-state index contributed by atoms with van der Waals surface area (Å²) < 4.78 is 37.2. The lowest BCUT2D eigenvalue weighted by Crippen LogP contribution is -2.35. The molecule has 2 N–H and O–H groups in total. The van der Waals surface area contributed by atoms with Gasteiger partial charge in [0.15, 0.2) is 0 Å². The number of rotatable bonds is 16. The Balaban J connectivity index is 1.93. The first-order valence-corrected chi connectivity index (χ1v) is 13.7. The molecule has 2 atom stereocenters. The zero-order valence-electron chi connectivity index (χ0n) is 21.3. The van der Waals surface area contributed by atoms with Crippen LogP contribution in [0.4, 0.5) is 0 Å². The molecule has 0 saturated carbocycles. The molecule has 0 amide bonds. The van der Waals surface area contributed by atoms with Crippen molar-refractivity contribution in [1.29, 1.82) is 0 Å². The Morgan fingerprint density at radius 1 is 0.657 bits per heavy atom. The summed E-state index contributed by atoms with van der Waals surface area (Å²) in [7, 11) is -3.70. The van der Waals surface area contributed by atoms with E-state index in [9.17, 15) is 18.6 Å². The number of ether oxygens (including phenoxy) is 2. The first-order valence-electron chi connectivity index (χ1n) is 12.2. The summed E-state index contributed by atoms with van der Waals surface area (Å²) >= 11 is 0. The van der Waals surface area contributed by atoms with Crippen LogP contribution in [0.5, 0.6) is 11.5 Å². The van der Waals surface area contributed by atoms with Crippen molar-refractivity contribution >= 4 is 9.84 Å². The molecule has 35 heavy (non-hydrogen) atoms. The largest absolute Gasteiger partial charge is 0.491 e. The summed E-state index contributed by atoms with van der Waals surface area (Å²) in [5.74, 6) is 0.990. The maximum absolute atomic E-state index is 13.0. The average molecular weight is 509 g/mol. The molecule has 0 bridgehead atoms. The molecule has 9 heteroatoms. The van der Waals surface area contributed by atoms with E-state index in [-0.39, 0.29) is 23.0 Å². The van der Waals surface area contributed by atoms with Crippen molar-refractivity contribution in [3.63, 3.8) is 0 Å². The van der Waals surface area contributed by atoms with Gasteiger partial charge in [0.25, 0.3) is 0 Å². The summed E-state index contributed by atoms with van der Waals surface area (Å²) in [6, 6.07) is 12.3. The Hall–Kier alpha value is -2.17. The van der Waals surface area contributed by atoms with Crippen molar-refractivity contribution in [2.24, 2.45) is 0 Å². The molecule has 0 spiro atoms.